The Morgan fingerprint density at radius 1 is 1.18 bits per heavy atom. The number of aryl methyl sites for hydroxylation is 1. The minimum absolute atomic E-state index is 0.457. The third-order valence-corrected chi connectivity index (χ3v) is 3.53. The molecule has 1 aromatic carbocycles. The summed E-state index contributed by atoms with van der Waals surface area (Å²) in [6.07, 6.45) is 0. The predicted octanol–water partition coefficient (Wildman–Crippen LogP) is 3.72. The van der Waals surface area contributed by atoms with Crippen molar-refractivity contribution in [3.05, 3.63) is 40.5 Å². The van der Waals surface area contributed by atoms with Gasteiger partial charge in [-0.3, -0.25) is 4.98 Å². The molecule has 0 fully saturated rings. The van der Waals surface area contributed by atoms with Crippen LogP contribution in [-0.4, -0.2) is 15.2 Å². The van der Waals surface area contributed by atoms with Gasteiger partial charge in [-0.1, -0.05) is 29.5 Å². The van der Waals surface area contributed by atoms with Crippen LogP contribution in [-0.2, 0) is 0 Å². The molecule has 0 aliphatic rings. The first-order valence-electron chi connectivity index (χ1n) is 5.10. The number of pyridine rings is 1. The van der Waals surface area contributed by atoms with E-state index in [0.29, 0.717) is 4.47 Å². The molecule has 17 heavy (non-hydrogen) atoms. The van der Waals surface area contributed by atoms with Crippen LogP contribution in [0.3, 0.4) is 0 Å². The van der Waals surface area contributed by atoms with E-state index in [4.69, 9.17) is 11.6 Å². The second-order valence-corrected chi connectivity index (χ2v) is 5.25. The van der Waals surface area contributed by atoms with E-state index in [9.17, 15) is 0 Å². The summed E-state index contributed by atoms with van der Waals surface area (Å²) < 4.78 is 0.457. The van der Waals surface area contributed by atoms with E-state index in [0.717, 1.165) is 27.2 Å². The summed E-state index contributed by atoms with van der Waals surface area (Å²) in [4.78, 5) is 4.49. The summed E-state index contributed by atoms with van der Waals surface area (Å²) in [7, 11) is 0. The molecule has 2 aromatic heterocycles. The lowest BCUT2D eigenvalue weighted by Gasteiger charge is -2.04. The fourth-order valence-electron chi connectivity index (χ4n) is 1.80. The summed E-state index contributed by atoms with van der Waals surface area (Å²) in [6.45, 7) is 1.97. The summed E-state index contributed by atoms with van der Waals surface area (Å²) in [5, 5.41) is 9.83. The molecule has 3 aromatic rings. The molecule has 84 valence electrons. The fourth-order valence-corrected chi connectivity index (χ4v) is 2.66. The van der Waals surface area contributed by atoms with Gasteiger partial charge in [-0.2, -0.15) is 0 Å². The Hall–Kier alpha value is -1.52. The molecule has 3 nitrogen and oxygen atoms in total. The van der Waals surface area contributed by atoms with Crippen LogP contribution in [0.4, 0.5) is 0 Å². The van der Waals surface area contributed by atoms with E-state index in [1.54, 1.807) is 0 Å². The van der Waals surface area contributed by atoms with Crippen LogP contribution in [0.2, 0.25) is 4.47 Å². The zero-order valence-electron chi connectivity index (χ0n) is 9.01. The molecule has 0 bridgehead atoms. The van der Waals surface area contributed by atoms with Gasteiger partial charge >= 0.3 is 0 Å². The number of nitrogens with zero attached hydrogens (tertiary/aromatic N) is 3. The zero-order valence-corrected chi connectivity index (χ0v) is 10.6. The van der Waals surface area contributed by atoms with Gasteiger partial charge in [0.1, 0.15) is 5.01 Å². The van der Waals surface area contributed by atoms with Crippen molar-refractivity contribution in [2.45, 2.75) is 6.92 Å². The van der Waals surface area contributed by atoms with Crippen molar-refractivity contribution in [2.75, 3.05) is 0 Å². The first-order valence-corrected chi connectivity index (χ1v) is 6.29. The van der Waals surface area contributed by atoms with E-state index in [-0.39, 0.29) is 0 Å². The first kappa shape index (κ1) is 10.6. The summed E-state index contributed by atoms with van der Waals surface area (Å²) >= 11 is 7.21. The van der Waals surface area contributed by atoms with Crippen molar-refractivity contribution in [1.29, 1.82) is 0 Å². The van der Waals surface area contributed by atoms with E-state index in [1.165, 1.54) is 11.3 Å². The van der Waals surface area contributed by atoms with Gasteiger partial charge in [-0.15, -0.1) is 10.2 Å². The highest BCUT2D eigenvalue weighted by molar-refractivity contribution is 7.18. The van der Waals surface area contributed by atoms with Gasteiger partial charge in [0.25, 0.3) is 0 Å². The van der Waals surface area contributed by atoms with Crippen LogP contribution in [0.5, 0.6) is 0 Å². The van der Waals surface area contributed by atoms with E-state index < -0.39 is 0 Å². The average Bonchev–Trinajstić information content (AvgIpc) is 2.74. The normalized spacial score (nSPS) is 10.9. The molecule has 0 N–H and O–H groups in total. The van der Waals surface area contributed by atoms with Crippen molar-refractivity contribution in [2.24, 2.45) is 0 Å². The van der Waals surface area contributed by atoms with Gasteiger partial charge < -0.3 is 0 Å². The molecule has 0 spiro atoms. The van der Waals surface area contributed by atoms with Crippen molar-refractivity contribution < 1.29 is 0 Å². The highest BCUT2D eigenvalue weighted by Crippen LogP contribution is 2.31. The topological polar surface area (TPSA) is 38.7 Å². The van der Waals surface area contributed by atoms with Crippen molar-refractivity contribution in [3.8, 4) is 10.6 Å². The third-order valence-electron chi connectivity index (χ3n) is 2.47. The van der Waals surface area contributed by atoms with Crippen LogP contribution in [0.25, 0.3) is 21.5 Å². The highest BCUT2D eigenvalue weighted by atomic mass is 35.5. The quantitative estimate of drug-likeness (QED) is 0.670. The fraction of sp³-hybridized carbons (Fsp3) is 0.0833. The molecular formula is C12H8ClN3S. The maximum Gasteiger partial charge on any atom is 0.207 e. The summed E-state index contributed by atoms with van der Waals surface area (Å²) in [5.74, 6) is 0. The van der Waals surface area contributed by atoms with Crippen LogP contribution in [0.15, 0.2) is 30.3 Å². The van der Waals surface area contributed by atoms with E-state index in [1.807, 2.05) is 37.3 Å². The van der Waals surface area contributed by atoms with Gasteiger partial charge in [-0.05, 0) is 30.7 Å². The Kier molecular flexibility index (Phi) is 2.53. The number of rotatable bonds is 1. The molecule has 0 aliphatic heterocycles. The molecule has 0 saturated carbocycles. The average molecular weight is 262 g/mol. The molecular weight excluding hydrogens is 254 g/mol. The number of hydrogen-bond donors (Lipinski definition) is 0. The lowest BCUT2D eigenvalue weighted by molar-refractivity contribution is 1.09. The summed E-state index contributed by atoms with van der Waals surface area (Å²) in [6, 6.07) is 10.0. The number of para-hydroxylation sites is 1. The molecule has 5 heteroatoms. The third kappa shape index (κ3) is 1.90. The molecule has 0 aliphatic carbocycles. The molecule has 3 rings (SSSR count). The van der Waals surface area contributed by atoms with E-state index in [2.05, 4.69) is 15.2 Å². The molecule has 0 unspecified atom stereocenters. The van der Waals surface area contributed by atoms with Crippen molar-refractivity contribution >= 4 is 33.8 Å². The highest BCUT2D eigenvalue weighted by Gasteiger charge is 2.10. The van der Waals surface area contributed by atoms with Crippen LogP contribution < -0.4 is 0 Å². The predicted molar refractivity (Wildman–Crippen MR) is 70.4 cm³/mol. The molecule has 0 amide bonds. The van der Waals surface area contributed by atoms with Gasteiger partial charge in [0.2, 0.25) is 4.47 Å². The monoisotopic (exact) mass is 261 g/mol. The SMILES string of the molecule is Cc1cc(-c2nnc(Cl)s2)c2ccccc2n1. The minimum atomic E-state index is 0.457. The molecule has 0 radical (unpaired) electrons. The first-order chi connectivity index (χ1) is 8.24. The van der Waals surface area contributed by atoms with Gasteiger partial charge in [-0.25, -0.2) is 0 Å². The number of aromatic nitrogens is 3. The van der Waals surface area contributed by atoms with E-state index >= 15 is 0 Å². The van der Waals surface area contributed by atoms with Crippen molar-refractivity contribution in [1.82, 2.24) is 15.2 Å². The second kappa shape index (κ2) is 4.05. The smallest absolute Gasteiger partial charge is 0.207 e. The summed E-state index contributed by atoms with van der Waals surface area (Å²) in [5.41, 5.74) is 2.97. The standard InChI is InChI=1S/C12H8ClN3S/c1-7-6-9(11-15-16-12(13)17-11)8-4-2-3-5-10(8)14-7/h2-6H,1H3. The lowest BCUT2D eigenvalue weighted by atomic mass is 10.1. The van der Waals surface area contributed by atoms with Gasteiger partial charge in [0.05, 0.1) is 5.52 Å². The molecule has 0 saturated heterocycles. The minimum Gasteiger partial charge on any atom is -0.253 e. The van der Waals surface area contributed by atoms with Crippen LogP contribution in [0, 0.1) is 6.92 Å². The largest absolute Gasteiger partial charge is 0.253 e. The Balaban J connectivity index is 2.35. The second-order valence-electron chi connectivity index (χ2n) is 3.69. The Bertz CT molecular complexity index is 693. The zero-order chi connectivity index (χ0) is 11.8. The van der Waals surface area contributed by atoms with Crippen molar-refractivity contribution in [3.63, 3.8) is 0 Å². The number of benzene rings is 1. The maximum absolute atomic E-state index is 5.83. The maximum atomic E-state index is 5.83. The number of hydrogen-bond acceptors (Lipinski definition) is 4. The number of halogens is 1. The van der Waals surface area contributed by atoms with Gasteiger partial charge in [0, 0.05) is 16.6 Å². The van der Waals surface area contributed by atoms with Crippen LogP contribution >= 0.6 is 22.9 Å². The Morgan fingerprint density at radius 3 is 2.76 bits per heavy atom. The van der Waals surface area contributed by atoms with Gasteiger partial charge in [0.15, 0.2) is 0 Å². The molecule has 2 heterocycles. The van der Waals surface area contributed by atoms with Crippen LogP contribution in [0.1, 0.15) is 5.69 Å². The number of fused-ring (bicyclic) bond motifs is 1. The lowest BCUT2D eigenvalue weighted by Crippen LogP contribution is -1.87. The molecule has 0 atom stereocenters. The Morgan fingerprint density at radius 2 is 2.00 bits per heavy atom. The Labute approximate surface area is 107 Å².